The molecule has 33 heavy (non-hydrogen) atoms. The maximum absolute atomic E-state index is 14.1. The van der Waals surface area contributed by atoms with E-state index in [1.54, 1.807) is 29.2 Å². The molecule has 1 atom stereocenters. The molecule has 1 spiro atoms. The highest BCUT2D eigenvalue weighted by Gasteiger charge is 2.59. The number of rotatable bonds is 3. The number of nitrogens with zero attached hydrogens (tertiary/aromatic N) is 2. The molecular formula is C26H24ClN3O2S. The second-order valence-corrected chi connectivity index (χ2v) is 10.2. The molecular weight excluding hydrogens is 454 g/mol. The lowest BCUT2D eigenvalue weighted by atomic mass is 10.0. The zero-order chi connectivity index (χ0) is 23.2. The van der Waals surface area contributed by atoms with Crippen LogP contribution in [0.5, 0.6) is 0 Å². The number of halogens is 1. The lowest BCUT2D eigenvalue weighted by Gasteiger charge is -2.33. The zero-order valence-electron chi connectivity index (χ0n) is 18.5. The van der Waals surface area contributed by atoms with Crippen molar-refractivity contribution in [2.45, 2.75) is 25.3 Å². The summed E-state index contributed by atoms with van der Waals surface area (Å²) in [6.45, 7) is 5.00. The third kappa shape index (κ3) is 3.77. The zero-order valence-corrected chi connectivity index (χ0v) is 20.0. The Balaban J connectivity index is 1.54. The molecule has 3 amide bonds. The number of nitrogens with one attached hydrogen (secondary N) is 1. The van der Waals surface area contributed by atoms with E-state index in [2.05, 4.69) is 11.4 Å². The van der Waals surface area contributed by atoms with E-state index in [9.17, 15) is 9.59 Å². The smallest absolute Gasteiger partial charge is 0.308 e. The fourth-order valence-electron chi connectivity index (χ4n) is 4.64. The predicted octanol–water partition coefficient (Wildman–Crippen LogP) is 5.94. The van der Waals surface area contributed by atoms with Gasteiger partial charge in [-0.05, 0) is 43.7 Å². The first kappa shape index (κ1) is 21.9. The maximum Gasteiger partial charge on any atom is 0.323 e. The van der Waals surface area contributed by atoms with Crippen molar-refractivity contribution in [1.82, 2.24) is 4.90 Å². The second-order valence-electron chi connectivity index (χ2n) is 8.49. The van der Waals surface area contributed by atoms with Crippen LogP contribution in [0.25, 0.3) is 0 Å². The van der Waals surface area contributed by atoms with Gasteiger partial charge in [-0.2, -0.15) is 0 Å². The summed E-state index contributed by atoms with van der Waals surface area (Å²) in [6, 6.07) is 21.0. The molecule has 5 rings (SSSR count). The number of aryl methyl sites for hydroxylation is 2. The van der Waals surface area contributed by atoms with Crippen LogP contribution in [0.1, 0.15) is 22.3 Å². The first-order valence-corrected chi connectivity index (χ1v) is 12.2. The van der Waals surface area contributed by atoms with E-state index in [-0.39, 0.29) is 11.9 Å². The predicted molar refractivity (Wildman–Crippen MR) is 135 cm³/mol. The molecule has 3 aromatic rings. The van der Waals surface area contributed by atoms with E-state index < -0.39 is 4.87 Å². The van der Waals surface area contributed by atoms with E-state index in [0.29, 0.717) is 29.6 Å². The number of anilines is 2. The van der Waals surface area contributed by atoms with Gasteiger partial charge in [0.05, 0.1) is 12.2 Å². The third-order valence-corrected chi connectivity index (χ3v) is 7.75. The summed E-state index contributed by atoms with van der Waals surface area (Å²) in [6.07, 6.45) is 0. The van der Waals surface area contributed by atoms with Crippen LogP contribution in [-0.2, 0) is 16.2 Å². The van der Waals surface area contributed by atoms with Gasteiger partial charge in [-0.15, -0.1) is 11.8 Å². The summed E-state index contributed by atoms with van der Waals surface area (Å²) in [5.41, 5.74) is 5.61. The lowest BCUT2D eigenvalue weighted by Crippen LogP contribution is -2.51. The van der Waals surface area contributed by atoms with Gasteiger partial charge in [-0.25, -0.2) is 4.79 Å². The fraction of sp³-hybridized carbons (Fsp3) is 0.231. The normalized spacial score (nSPS) is 19.3. The largest absolute Gasteiger partial charge is 0.323 e. The molecule has 7 heteroatoms. The van der Waals surface area contributed by atoms with Gasteiger partial charge in [0.1, 0.15) is 0 Å². The summed E-state index contributed by atoms with van der Waals surface area (Å²) in [5, 5.41) is 3.47. The highest BCUT2D eigenvalue weighted by molar-refractivity contribution is 8.01. The van der Waals surface area contributed by atoms with Gasteiger partial charge < -0.3 is 10.2 Å². The quantitative estimate of drug-likeness (QED) is 0.508. The minimum atomic E-state index is -1.08. The minimum absolute atomic E-state index is 0.0756. The minimum Gasteiger partial charge on any atom is -0.308 e. The average Bonchev–Trinajstić information content (AvgIpc) is 3.31. The molecule has 2 aliphatic heterocycles. The van der Waals surface area contributed by atoms with Crippen molar-refractivity contribution in [2.24, 2.45) is 0 Å². The summed E-state index contributed by atoms with van der Waals surface area (Å²) in [7, 11) is 0. The molecule has 2 aliphatic rings. The molecule has 5 nitrogen and oxygen atoms in total. The van der Waals surface area contributed by atoms with Crippen LogP contribution < -0.4 is 10.2 Å². The van der Waals surface area contributed by atoms with Crippen LogP contribution in [0.3, 0.4) is 0 Å². The van der Waals surface area contributed by atoms with E-state index in [4.69, 9.17) is 11.6 Å². The highest BCUT2D eigenvalue weighted by Crippen LogP contribution is 2.54. The first-order chi connectivity index (χ1) is 15.9. The Morgan fingerprint density at radius 2 is 1.85 bits per heavy atom. The topological polar surface area (TPSA) is 52.7 Å². The van der Waals surface area contributed by atoms with Crippen LogP contribution in [0, 0.1) is 13.8 Å². The van der Waals surface area contributed by atoms with Crippen molar-refractivity contribution in [2.75, 3.05) is 22.5 Å². The average molecular weight is 478 g/mol. The molecule has 0 aromatic heterocycles. The number of benzene rings is 3. The van der Waals surface area contributed by atoms with E-state index in [0.717, 1.165) is 27.9 Å². The Bertz CT molecular complexity index is 1260. The molecule has 1 fully saturated rings. The summed E-state index contributed by atoms with van der Waals surface area (Å²) < 4.78 is 0. The summed E-state index contributed by atoms with van der Waals surface area (Å²) in [4.78, 5) is 29.9. The molecule has 0 aliphatic carbocycles. The highest BCUT2D eigenvalue weighted by atomic mass is 35.5. The molecule has 0 saturated carbocycles. The number of amides is 3. The Hall–Kier alpha value is -2.96. The lowest BCUT2D eigenvalue weighted by molar-refractivity contribution is -0.123. The Kier molecular flexibility index (Phi) is 5.59. The van der Waals surface area contributed by atoms with Crippen molar-refractivity contribution in [3.05, 3.63) is 94.0 Å². The molecule has 1 saturated heterocycles. The molecule has 0 unspecified atom stereocenters. The van der Waals surface area contributed by atoms with Crippen LogP contribution >= 0.6 is 23.4 Å². The molecule has 168 valence electrons. The molecule has 0 radical (unpaired) electrons. The van der Waals surface area contributed by atoms with E-state index in [1.165, 1.54) is 11.8 Å². The van der Waals surface area contributed by atoms with Gasteiger partial charge in [-0.1, -0.05) is 65.2 Å². The number of hydrogen-bond donors (Lipinski definition) is 1. The van der Waals surface area contributed by atoms with Crippen molar-refractivity contribution in [1.29, 1.82) is 0 Å². The van der Waals surface area contributed by atoms with Gasteiger partial charge in [0.2, 0.25) is 0 Å². The summed E-state index contributed by atoms with van der Waals surface area (Å²) >= 11 is 7.62. The molecule has 3 aromatic carbocycles. The maximum atomic E-state index is 14.1. The number of hydrogen-bond acceptors (Lipinski definition) is 3. The molecule has 0 bridgehead atoms. The van der Waals surface area contributed by atoms with Crippen molar-refractivity contribution in [3.63, 3.8) is 0 Å². The Morgan fingerprint density at radius 1 is 1.06 bits per heavy atom. The number of carbonyl (C=O) groups excluding carboxylic acids is 2. The Morgan fingerprint density at radius 3 is 2.64 bits per heavy atom. The number of thioether (sulfide) groups is 1. The number of urea groups is 1. The van der Waals surface area contributed by atoms with Crippen molar-refractivity contribution in [3.8, 4) is 0 Å². The van der Waals surface area contributed by atoms with E-state index >= 15 is 0 Å². The third-order valence-electron chi connectivity index (χ3n) is 6.09. The van der Waals surface area contributed by atoms with Gasteiger partial charge in [0.15, 0.2) is 4.87 Å². The fourth-order valence-corrected chi connectivity index (χ4v) is 6.28. The number of fused-ring (bicyclic) bond motifs is 2. The van der Waals surface area contributed by atoms with E-state index in [1.807, 2.05) is 55.1 Å². The van der Waals surface area contributed by atoms with Gasteiger partial charge in [-0.3, -0.25) is 9.69 Å². The van der Waals surface area contributed by atoms with Crippen LogP contribution in [0.15, 0.2) is 66.7 Å². The monoisotopic (exact) mass is 477 g/mol. The van der Waals surface area contributed by atoms with Gasteiger partial charge in [0.25, 0.3) is 5.91 Å². The molecule has 2 heterocycles. The van der Waals surface area contributed by atoms with Crippen LogP contribution in [-0.4, -0.2) is 29.1 Å². The molecule has 1 N–H and O–H groups in total. The first-order valence-electron chi connectivity index (χ1n) is 10.9. The van der Waals surface area contributed by atoms with Gasteiger partial charge >= 0.3 is 6.03 Å². The second kappa shape index (κ2) is 8.43. The van der Waals surface area contributed by atoms with Crippen molar-refractivity contribution >= 4 is 46.7 Å². The SMILES string of the molecule is Cc1cccc(CN2C(=O)[C@@]3(SCCN3C(=O)Nc3cccc(Cl)c3)c3cc(C)ccc32)c1. The standard InChI is InChI=1S/C26H24ClN3O2S/c1-17-5-3-6-19(13-17)16-29-23-10-9-18(2)14-22(23)26(24(29)31)30(11-12-33-26)25(32)28-21-8-4-7-20(27)15-21/h3-10,13-15H,11-12,16H2,1-2H3,(H,28,32)/t26-/m0/s1. The summed E-state index contributed by atoms with van der Waals surface area (Å²) in [5.74, 6) is 0.605. The Labute approximate surface area is 202 Å². The van der Waals surface area contributed by atoms with Crippen LogP contribution in [0.4, 0.5) is 16.2 Å². The van der Waals surface area contributed by atoms with Crippen molar-refractivity contribution < 1.29 is 9.59 Å². The van der Waals surface area contributed by atoms with Crippen LogP contribution in [0.2, 0.25) is 5.02 Å². The van der Waals surface area contributed by atoms with Gasteiger partial charge in [0, 0.05) is 28.6 Å². The number of carbonyl (C=O) groups is 2.